The molecule has 1 saturated heterocycles. The first-order chi connectivity index (χ1) is 11.2. The fourth-order valence-electron chi connectivity index (χ4n) is 3.30. The standard InChI is InChI=1S/C19H28N2O2/c22-14-16-8-10-21(11-9-16)13-17-2-1-3-18(12-17)20-19(23)7-6-15-4-5-15/h1-3,12,15-16,22H,4-11,13-14H2,(H,20,23). The van der Waals surface area contributed by atoms with Gasteiger partial charge in [-0.2, -0.15) is 0 Å². The van der Waals surface area contributed by atoms with Crippen molar-refractivity contribution in [2.24, 2.45) is 11.8 Å². The molecule has 0 bridgehead atoms. The molecule has 1 aliphatic heterocycles. The maximum atomic E-state index is 12.0. The van der Waals surface area contributed by atoms with Gasteiger partial charge in [-0.3, -0.25) is 9.69 Å². The van der Waals surface area contributed by atoms with Gasteiger partial charge in [0.2, 0.25) is 5.91 Å². The average molecular weight is 316 g/mol. The lowest BCUT2D eigenvalue weighted by molar-refractivity contribution is -0.116. The number of aliphatic hydroxyl groups is 1. The Bertz CT molecular complexity index is 520. The minimum Gasteiger partial charge on any atom is -0.396 e. The number of hydrogen-bond donors (Lipinski definition) is 2. The van der Waals surface area contributed by atoms with Crippen LogP contribution in [0.1, 0.15) is 44.1 Å². The number of carbonyl (C=O) groups is 1. The van der Waals surface area contributed by atoms with Crippen molar-refractivity contribution in [2.75, 3.05) is 25.0 Å². The summed E-state index contributed by atoms with van der Waals surface area (Å²) < 4.78 is 0. The van der Waals surface area contributed by atoms with Crippen LogP contribution in [0.15, 0.2) is 24.3 Å². The van der Waals surface area contributed by atoms with Crippen molar-refractivity contribution in [2.45, 2.75) is 45.1 Å². The maximum Gasteiger partial charge on any atom is 0.224 e. The van der Waals surface area contributed by atoms with Crippen LogP contribution in [0.3, 0.4) is 0 Å². The molecule has 1 saturated carbocycles. The van der Waals surface area contributed by atoms with E-state index in [1.807, 2.05) is 12.1 Å². The SMILES string of the molecule is O=C(CCC1CC1)Nc1cccc(CN2CCC(CO)CC2)c1. The van der Waals surface area contributed by atoms with E-state index in [0.717, 1.165) is 50.5 Å². The average Bonchev–Trinajstić information content (AvgIpc) is 3.38. The van der Waals surface area contributed by atoms with Crippen LogP contribution in [0.25, 0.3) is 0 Å². The molecule has 0 radical (unpaired) electrons. The van der Waals surface area contributed by atoms with Gasteiger partial charge in [-0.1, -0.05) is 25.0 Å². The Kier molecular flexibility index (Phi) is 5.68. The first kappa shape index (κ1) is 16.5. The smallest absolute Gasteiger partial charge is 0.224 e. The molecule has 2 fully saturated rings. The molecule has 0 unspecified atom stereocenters. The Hall–Kier alpha value is -1.39. The predicted octanol–water partition coefficient (Wildman–Crippen LogP) is 3.02. The zero-order valence-electron chi connectivity index (χ0n) is 13.8. The second-order valence-electron chi connectivity index (χ2n) is 7.13. The number of piperidine rings is 1. The van der Waals surface area contributed by atoms with Crippen molar-refractivity contribution >= 4 is 11.6 Å². The summed E-state index contributed by atoms with van der Waals surface area (Å²) in [4.78, 5) is 14.4. The monoisotopic (exact) mass is 316 g/mol. The number of aliphatic hydroxyl groups excluding tert-OH is 1. The van der Waals surface area contributed by atoms with Crippen molar-refractivity contribution in [1.29, 1.82) is 0 Å². The maximum absolute atomic E-state index is 12.0. The van der Waals surface area contributed by atoms with Gasteiger partial charge < -0.3 is 10.4 Å². The van der Waals surface area contributed by atoms with Gasteiger partial charge in [0.25, 0.3) is 0 Å². The van der Waals surface area contributed by atoms with Crippen LogP contribution in [0.4, 0.5) is 5.69 Å². The number of nitrogens with zero attached hydrogens (tertiary/aromatic N) is 1. The van der Waals surface area contributed by atoms with Crippen molar-refractivity contribution in [3.05, 3.63) is 29.8 Å². The molecule has 4 nitrogen and oxygen atoms in total. The van der Waals surface area contributed by atoms with Gasteiger partial charge in [-0.15, -0.1) is 0 Å². The fourth-order valence-corrected chi connectivity index (χ4v) is 3.30. The molecule has 2 aliphatic rings. The highest BCUT2D eigenvalue weighted by atomic mass is 16.3. The summed E-state index contributed by atoms with van der Waals surface area (Å²) in [5, 5.41) is 12.2. The summed E-state index contributed by atoms with van der Waals surface area (Å²) >= 11 is 0. The van der Waals surface area contributed by atoms with Gasteiger partial charge >= 0.3 is 0 Å². The van der Waals surface area contributed by atoms with Gasteiger partial charge in [0, 0.05) is 25.3 Å². The van der Waals surface area contributed by atoms with E-state index in [1.54, 1.807) is 0 Å². The molecular formula is C19H28N2O2. The highest BCUT2D eigenvalue weighted by Crippen LogP contribution is 2.33. The van der Waals surface area contributed by atoms with Gasteiger partial charge in [0.1, 0.15) is 0 Å². The number of hydrogen-bond acceptors (Lipinski definition) is 3. The number of amides is 1. The third-order valence-corrected chi connectivity index (χ3v) is 5.06. The van der Waals surface area contributed by atoms with Gasteiger partial charge in [-0.05, 0) is 61.9 Å². The van der Waals surface area contributed by atoms with E-state index < -0.39 is 0 Å². The molecule has 126 valence electrons. The van der Waals surface area contributed by atoms with Crippen molar-refractivity contribution in [3.8, 4) is 0 Å². The summed E-state index contributed by atoms with van der Waals surface area (Å²) in [6.45, 7) is 3.33. The molecule has 3 rings (SSSR count). The number of carbonyl (C=O) groups excluding carboxylic acids is 1. The lowest BCUT2D eigenvalue weighted by atomic mass is 9.97. The van der Waals surface area contributed by atoms with Crippen LogP contribution in [0.5, 0.6) is 0 Å². The van der Waals surface area contributed by atoms with Crippen molar-refractivity contribution < 1.29 is 9.90 Å². The second-order valence-corrected chi connectivity index (χ2v) is 7.13. The predicted molar refractivity (Wildman–Crippen MR) is 92.1 cm³/mol. The number of benzene rings is 1. The van der Waals surface area contributed by atoms with Gasteiger partial charge in [-0.25, -0.2) is 0 Å². The van der Waals surface area contributed by atoms with Crippen LogP contribution >= 0.6 is 0 Å². The molecule has 2 N–H and O–H groups in total. The molecule has 1 aliphatic carbocycles. The zero-order valence-corrected chi connectivity index (χ0v) is 13.8. The molecule has 0 atom stereocenters. The summed E-state index contributed by atoms with van der Waals surface area (Å²) in [5.41, 5.74) is 2.15. The Labute approximate surface area is 138 Å². The normalized spacial score (nSPS) is 19.7. The molecule has 1 amide bonds. The van der Waals surface area contributed by atoms with Gasteiger partial charge in [0.15, 0.2) is 0 Å². The Morgan fingerprint density at radius 3 is 2.65 bits per heavy atom. The summed E-state index contributed by atoms with van der Waals surface area (Å²) in [6, 6.07) is 8.20. The Balaban J connectivity index is 1.47. The third kappa shape index (κ3) is 5.33. The van der Waals surface area contributed by atoms with Crippen LogP contribution in [-0.4, -0.2) is 35.6 Å². The highest BCUT2D eigenvalue weighted by molar-refractivity contribution is 5.90. The third-order valence-electron chi connectivity index (χ3n) is 5.06. The van der Waals surface area contributed by atoms with E-state index in [4.69, 9.17) is 0 Å². The first-order valence-corrected chi connectivity index (χ1v) is 8.95. The van der Waals surface area contributed by atoms with Crippen LogP contribution in [0, 0.1) is 11.8 Å². The molecule has 0 aromatic heterocycles. The van der Waals surface area contributed by atoms with E-state index >= 15 is 0 Å². The fraction of sp³-hybridized carbons (Fsp3) is 0.632. The topological polar surface area (TPSA) is 52.6 Å². The molecule has 4 heteroatoms. The summed E-state index contributed by atoms with van der Waals surface area (Å²) in [7, 11) is 0. The minimum atomic E-state index is 0.137. The van der Waals surface area contributed by atoms with Crippen molar-refractivity contribution in [1.82, 2.24) is 4.90 Å². The molecule has 23 heavy (non-hydrogen) atoms. The second kappa shape index (κ2) is 7.93. The summed E-state index contributed by atoms with van der Waals surface area (Å²) in [5.74, 6) is 1.41. The molecule has 1 aromatic rings. The number of rotatable bonds is 7. The molecule has 0 spiro atoms. The lowest BCUT2D eigenvalue weighted by Crippen LogP contribution is -2.34. The van der Waals surface area contributed by atoms with E-state index in [-0.39, 0.29) is 5.91 Å². The van der Waals surface area contributed by atoms with E-state index in [2.05, 4.69) is 22.3 Å². The van der Waals surface area contributed by atoms with E-state index in [1.165, 1.54) is 18.4 Å². The van der Waals surface area contributed by atoms with Crippen LogP contribution < -0.4 is 5.32 Å². The van der Waals surface area contributed by atoms with Gasteiger partial charge in [0.05, 0.1) is 0 Å². The zero-order chi connectivity index (χ0) is 16.1. The minimum absolute atomic E-state index is 0.137. The lowest BCUT2D eigenvalue weighted by Gasteiger charge is -2.31. The largest absolute Gasteiger partial charge is 0.396 e. The highest BCUT2D eigenvalue weighted by Gasteiger charge is 2.22. The Morgan fingerprint density at radius 2 is 1.96 bits per heavy atom. The van der Waals surface area contributed by atoms with Crippen LogP contribution in [-0.2, 0) is 11.3 Å². The van der Waals surface area contributed by atoms with E-state index in [0.29, 0.717) is 18.9 Å². The van der Waals surface area contributed by atoms with E-state index in [9.17, 15) is 9.90 Å². The first-order valence-electron chi connectivity index (χ1n) is 8.95. The molecule has 1 aromatic carbocycles. The number of anilines is 1. The van der Waals surface area contributed by atoms with Crippen LogP contribution in [0.2, 0.25) is 0 Å². The summed E-state index contributed by atoms with van der Waals surface area (Å²) in [6.07, 6.45) is 6.43. The van der Waals surface area contributed by atoms with Crippen molar-refractivity contribution in [3.63, 3.8) is 0 Å². The molecular weight excluding hydrogens is 288 g/mol. The Morgan fingerprint density at radius 1 is 1.17 bits per heavy atom. The quantitative estimate of drug-likeness (QED) is 0.813. The number of likely N-dealkylation sites (tertiary alicyclic amines) is 1. The number of nitrogens with one attached hydrogen (secondary N) is 1. The molecule has 1 heterocycles.